The van der Waals surface area contributed by atoms with Crippen molar-refractivity contribution in [3.8, 4) is 0 Å². The van der Waals surface area contributed by atoms with Gasteiger partial charge in [0.2, 0.25) is 0 Å². The minimum Gasteiger partial charge on any atom is -0.457 e. The summed E-state index contributed by atoms with van der Waals surface area (Å²) >= 11 is 0. The van der Waals surface area contributed by atoms with E-state index in [2.05, 4.69) is 5.32 Å². The van der Waals surface area contributed by atoms with Crippen molar-refractivity contribution in [3.05, 3.63) is 101 Å². The number of nitrogens with one attached hydrogen (secondary N) is 1. The monoisotopic (exact) mass is 359 g/mol. The molecule has 3 aromatic rings. The molecule has 3 rings (SSSR count). The van der Waals surface area contributed by atoms with Crippen LogP contribution in [0.25, 0.3) is 0 Å². The van der Waals surface area contributed by atoms with Crippen LogP contribution >= 0.6 is 0 Å². The summed E-state index contributed by atoms with van der Waals surface area (Å²) < 4.78 is 5.27. The predicted octanol–water partition coefficient (Wildman–Crippen LogP) is 4.11. The number of ether oxygens (including phenoxy) is 1. The maximum absolute atomic E-state index is 12.2. The summed E-state index contributed by atoms with van der Waals surface area (Å²) in [5.41, 5.74) is 2.65. The third-order valence-electron chi connectivity index (χ3n) is 3.88. The second kappa shape index (κ2) is 8.58. The Hall–Kier alpha value is -3.73. The van der Waals surface area contributed by atoms with Gasteiger partial charge in [0, 0.05) is 16.8 Å². The van der Waals surface area contributed by atoms with E-state index in [-0.39, 0.29) is 12.5 Å². The Bertz CT molecular complexity index is 950. The zero-order valence-corrected chi connectivity index (χ0v) is 14.4. The number of hydrogen-bond acceptors (Lipinski definition) is 4. The fraction of sp³-hybridized carbons (Fsp3) is 0.0455. The molecule has 0 spiro atoms. The average Bonchev–Trinajstić information content (AvgIpc) is 2.73. The molecule has 5 nitrogen and oxygen atoms in total. The van der Waals surface area contributed by atoms with Gasteiger partial charge < -0.3 is 10.1 Å². The SMILES string of the molecule is O=Cc1cccc(C(=O)Nc2ccc(C(=O)OCc3ccccc3)cc2)c1. The molecule has 27 heavy (non-hydrogen) atoms. The van der Waals surface area contributed by atoms with Crippen LogP contribution in [-0.2, 0) is 11.3 Å². The summed E-state index contributed by atoms with van der Waals surface area (Å²) in [6.07, 6.45) is 0.687. The Morgan fingerprint density at radius 1 is 0.852 bits per heavy atom. The molecular weight excluding hydrogens is 342 g/mol. The highest BCUT2D eigenvalue weighted by Gasteiger charge is 2.10. The second-order valence-corrected chi connectivity index (χ2v) is 5.84. The lowest BCUT2D eigenvalue weighted by Crippen LogP contribution is -2.12. The van der Waals surface area contributed by atoms with Crippen LogP contribution in [0.1, 0.15) is 36.6 Å². The number of aldehydes is 1. The highest BCUT2D eigenvalue weighted by Crippen LogP contribution is 2.14. The lowest BCUT2D eigenvalue weighted by atomic mass is 10.1. The van der Waals surface area contributed by atoms with E-state index in [1.165, 1.54) is 6.07 Å². The number of benzene rings is 3. The molecule has 5 heteroatoms. The Balaban J connectivity index is 1.60. The quantitative estimate of drug-likeness (QED) is 0.531. The minimum absolute atomic E-state index is 0.200. The molecule has 3 aromatic carbocycles. The molecule has 0 radical (unpaired) electrons. The van der Waals surface area contributed by atoms with Gasteiger partial charge in [0.25, 0.3) is 5.91 Å². The van der Waals surface area contributed by atoms with Crippen LogP contribution in [0.5, 0.6) is 0 Å². The van der Waals surface area contributed by atoms with Gasteiger partial charge in [-0.1, -0.05) is 42.5 Å². The van der Waals surface area contributed by atoms with Crippen LogP contribution in [-0.4, -0.2) is 18.2 Å². The number of amides is 1. The summed E-state index contributed by atoms with van der Waals surface area (Å²) in [6.45, 7) is 0.200. The van der Waals surface area contributed by atoms with Crippen molar-refractivity contribution in [2.24, 2.45) is 0 Å². The summed E-state index contributed by atoms with van der Waals surface area (Å²) in [6, 6.07) is 22.2. The molecule has 1 N–H and O–H groups in total. The number of carbonyl (C=O) groups is 3. The van der Waals surface area contributed by atoms with E-state index >= 15 is 0 Å². The molecule has 0 heterocycles. The number of hydrogen-bond donors (Lipinski definition) is 1. The molecule has 0 saturated heterocycles. The lowest BCUT2D eigenvalue weighted by molar-refractivity contribution is 0.0472. The van der Waals surface area contributed by atoms with Crippen LogP contribution in [0.4, 0.5) is 5.69 Å². The van der Waals surface area contributed by atoms with Crippen molar-refractivity contribution in [1.29, 1.82) is 0 Å². The number of esters is 1. The molecule has 0 unspecified atom stereocenters. The highest BCUT2D eigenvalue weighted by molar-refractivity contribution is 6.05. The van der Waals surface area contributed by atoms with Gasteiger partial charge in [-0.05, 0) is 42.0 Å². The lowest BCUT2D eigenvalue weighted by Gasteiger charge is -2.08. The summed E-state index contributed by atoms with van der Waals surface area (Å²) in [5.74, 6) is -0.770. The molecule has 0 aliphatic carbocycles. The molecule has 0 aromatic heterocycles. The number of carbonyl (C=O) groups excluding carboxylic acids is 3. The molecule has 134 valence electrons. The van der Waals surface area contributed by atoms with Gasteiger partial charge in [-0.3, -0.25) is 9.59 Å². The fourth-order valence-corrected chi connectivity index (χ4v) is 2.45. The van der Waals surface area contributed by atoms with Gasteiger partial charge in [-0.15, -0.1) is 0 Å². The fourth-order valence-electron chi connectivity index (χ4n) is 2.45. The van der Waals surface area contributed by atoms with Crippen molar-refractivity contribution in [2.75, 3.05) is 5.32 Å². The molecule has 0 aliphatic heterocycles. The third kappa shape index (κ3) is 4.89. The molecule has 0 aliphatic rings. The van der Waals surface area contributed by atoms with E-state index in [4.69, 9.17) is 4.74 Å². The summed E-state index contributed by atoms with van der Waals surface area (Å²) in [5, 5.41) is 2.73. The van der Waals surface area contributed by atoms with Crippen LogP contribution in [0, 0.1) is 0 Å². The van der Waals surface area contributed by atoms with Crippen molar-refractivity contribution < 1.29 is 19.1 Å². The van der Waals surface area contributed by atoms with Crippen LogP contribution in [0.15, 0.2) is 78.9 Å². The van der Waals surface area contributed by atoms with Crippen LogP contribution in [0.2, 0.25) is 0 Å². The third-order valence-corrected chi connectivity index (χ3v) is 3.88. The number of rotatable bonds is 6. The zero-order chi connectivity index (χ0) is 19.1. The predicted molar refractivity (Wildman–Crippen MR) is 102 cm³/mol. The Labute approximate surface area is 156 Å². The minimum atomic E-state index is -0.435. The van der Waals surface area contributed by atoms with Crippen molar-refractivity contribution in [2.45, 2.75) is 6.61 Å². The molecule has 0 atom stereocenters. The summed E-state index contributed by atoms with van der Waals surface area (Å²) in [4.78, 5) is 35.2. The molecule has 0 bridgehead atoms. The maximum Gasteiger partial charge on any atom is 0.338 e. The second-order valence-electron chi connectivity index (χ2n) is 5.84. The van der Waals surface area contributed by atoms with Gasteiger partial charge in [-0.25, -0.2) is 4.79 Å². The first kappa shape index (κ1) is 18.1. The molecule has 1 amide bonds. The Kier molecular flexibility index (Phi) is 5.74. The van der Waals surface area contributed by atoms with Gasteiger partial charge >= 0.3 is 5.97 Å². The van der Waals surface area contributed by atoms with E-state index in [0.717, 1.165) is 5.56 Å². The first-order valence-electron chi connectivity index (χ1n) is 8.33. The Morgan fingerprint density at radius 2 is 1.59 bits per heavy atom. The van der Waals surface area contributed by atoms with Crippen LogP contribution in [0.3, 0.4) is 0 Å². The first-order valence-corrected chi connectivity index (χ1v) is 8.33. The van der Waals surface area contributed by atoms with E-state index in [0.29, 0.717) is 28.7 Å². The van der Waals surface area contributed by atoms with Crippen molar-refractivity contribution in [1.82, 2.24) is 0 Å². The van der Waals surface area contributed by atoms with Crippen molar-refractivity contribution in [3.63, 3.8) is 0 Å². The van der Waals surface area contributed by atoms with Gasteiger partial charge in [0.1, 0.15) is 12.9 Å². The molecule has 0 saturated carbocycles. The zero-order valence-electron chi connectivity index (χ0n) is 14.4. The summed E-state index contributed by atoms with van der Waals surface area (Å²) in [7, 11) is 0. The molecular formula is C22H17NO4. The Morgan fingerprint density at radius 3 is 2.30 bits per heavy atom. The van der Waals surface area contributed by atoms with Gasteiger partial charge in [0.15, 0.2) is 0 Å². The van der Waals surface area contributed by atoms with E-state index < -0.39 is 5.97 Å². The average molecular weight is 359 g/mol. The van der Waals surface area contributed by atoms with Gasteiger partial charge in [0.05, 0.1) is 5.56 Å². The van der Waals surface area contributed by atoms with E-state index in [1.807, 2.05) is 30.3 Å². The number of anilines is 1. The smallest absolute Gasteiger partial charge is 0.338 e. The normalized spacial score (nSPS) is 10.1. The highest BCUT2D eigenvalue weighted by atomic mass is 16.5. The molecule has 0 fully saturated rings. The topological polar surface area (TPSA) is 72.5 Å². The van der Waals surface area contributed by atoms with Crippen LogP contribution < -0.4 is 5.32 Å². The standard InChI is InChI=1S/C22H17NO4/c24-14-17-7-4-8-19(13-17)21(25)23-20-11-9-18(10-12-20)22(26)27-15-16-5-2-1-3-6-16/h1-14H,15H2,(H,23,25). The van der Waals surface area contributed by atoms with Gasteiger partial charge in [-0.2, -0.15) is 0 Å². The van der Waals surface area contributed by atoms with Crippen molar-refractivity contribution >= 4 is 23.9 Å². The van der Waals surface area contributed by atoms with E-state index in [1.54, 1.807) is 42.5 Å². The van der Waals surface area contributed by atoms with E-state index in [9.17, 15) is 14.4 Å². The first-order chi connectivity index (χ1) is 13.2. The maximum atomic E-state index is 12.2. The largest absolute Gasteiger partial charge is 0.457 e.